The number of benzene rings is 9. The van der Waals surface area contributed by atoms with Gasteiger partial charge in [0.25, 0.3) is 0 Å². The molecule has 9 rings (SSSR count). The van der Waals surface area contributed by atoms with Gasteiger partial charge in [0.1, 0.15) is 11.5 Å². The molecule has 9 aromatic rings. The highest BCUT2D eigenvalue weighted by molar-refractivity contribution is 9.11. The van der Waals surface area contributed by atoms with Gasteiger partial charge in [0, 0.05) is 70.0 Å². The summed E-state index contributed by atoms with van der Waals surface area (Å²) >= 11 is 7.87. The first-order valence-electron chi connectivity index (χ1n) is 45.2. The first-order valence-corrected chi connectivity index (χ1v) is 46.7. The van der Waals surface area contributed by atoms with Crippen LogP contribution in [0.1, 0.15) is 357 Å². The lowest BCUT2D eigenvalue weighted by Crippen LogP contribution is -2.07. The monoisotopic (exact) mass is 1690 g/mol. The van der Waals surface area contributed by atoms with Crippen LogP contribution in [0.3, 0.4) is 0 Å². The number of carbonyl (C=O) groups is 4. The topological polar surface area (TPSA) is 105 Å². The highest BCUT2D eigenvalue weighted by Crippen LogP contribution is 2.50. The molecule has 0 bridgehead atoms. The molecule has 0 spiro atoms. The number of hydrogen-bond donors (Lipinski definition) is 0. The Morgan fingerprint density at radius 3 is 0.741 bits per heavy atom. The number of fused-ring (bicyclic) bond motifs is 4. The Bertz CT molecular complexity index is 4520. The minimum Gasteiger partial charge on any atom is -0.426 e. The van der Waals surface area contributed by atoms with Gasteiger partial charge in [0.05, 0.1) is 11.1 Å². The summed E-state index contributed by atoms with van der Waals surface area (Å²) < 4.78 is 26.6. The second kappa shape index (κ2) is 50.7. The molecule has 8 nitrogen and oxygen atoms in total. The summed E-state index contributed by atoms with van der Waals surface area (Å²) in [4.78, 5) is 53.9. The van der Waals surface area contributed by atoms with Gasteiger partial charge in [-0.05, 0) is 185 Å². The molecular formula is C106H132Br2O8. The Balaban J connectivity index is 1.11. The van der Waals surface area contributed by atoms with E-state index < -0.39 is 23.9 Å². The second-order valence-corrected chi connectivity index (χ2v) is 34.5. The molecule has 0 aliphatic carbocycles. The Morgan fingerprint density at radius 1 is 0.250 bits per heavy atom. The van der Waals surface area contributed by atoms with E-state index >= 15 is 0 Å². The molecule has 0 fully saturated rings. The Kier molecular flexibility index (Phi) is 40.1. The maximum atomic E-state index is 13.7. The number of hydrogen-bond acceptors (Lipinski definition) is 8. The number of rotatable bonds is 50. The number of unbranched alkanes of at least 4 members (excludes halogenated alkanes) is 36. The van der Waals surface area contributed by atoms with Crippen molar-refractivity contribution < 1.29 is 38.1 Å². The number of carbonyl (C=O) groups excluding carboxylic acids is 4. The molecule has 0 heterocycles. The van der Waals surface area contributed by atoms with Crippen LogP contribution in [0, 0.1) is 23.7 Å². The maximum Gasteiger partial charge on any atom is 0.308 e. The van der Waals surface area contributed by atoms with Gasteiger partial charge >= 0.3 is 23.9 Å². The van der Waals surface area contributed by atoms with Crippen molar-refractivity contribution in [1.82, 2.24) is 0 Å². The molecule has 0 amide bonds. The first-order chi connectivity index (χ1) is 56.6. The van der Waals surface area contributed by atoms with Gasteiger partial charge in [-0.25, -0.2) is 0 Å². The largest absolute Gasteiger partial charge is 0.426 e. The van der Waals surface area contributed by atoms with Gasteiger partial charge < -0.3 is 18.9 Å². The Morgan fingerprint density at radius 2 is 0.483 bits per heavy atom. The lowest BCUT2D eigenvalue weighted by molar-refractivity contribution is -0.132. The molecule has 0 aromatic heterocycles. The molecule has 0 atom stereocenters. The molecule has 618 valence electrons. The van der Waals surface area contributed by atoms with E-state index in [-0.39, 0.29) is 11.5 Å². The number of aryl methyl sites for hydroxylation is 4. The van der Waals surface area contributed by atoms with Crippen molar-refractivity contribution in [3.05, 3.63) is 175 Å². The molecule has 0 N–H and O–H groups in total. The molecular weight excluding hydrogens is 1560 g/mol. The van der Waals surface area contributed by atoms with Crippen LogP contribution in [0.5, 0.6) is 23.0 Å². The van der Waals surface area contributed by atoms with Crippen LogP contribution in [0.2, 0.25) is 0 Å². The second-order valence-electron chi connectivity index (χ2n) is 32.8. The summed E-state index contributed by atoms with van der Waals surface area (Å²) in [6, 6.07) is 42.0. The predicted molar refractivity (Wildman–Crippen MR) is 495 cm³/mol. The van der Waals surface area contributed by atoms with E-state index in [0.29, 0.717) is 65.0 Å². The zero-order chi connectivity index (χ0) is 82.2. The molecule has 0 saturated carbocycles. The fourth-order valence-corrected chi connectivity index (χ4v) is 17.6. The van der Waals surface area contributed by atoms with Crippen molar-refractivity contribution in [1.29, 1.82) is 0 Å². The van der Waals surface area contributed by atoms with Crippen molar-refractivity contribution in [3.63, 3.8) is 0 Å². The van der Waals surface area contributed by atoms with E-state index in [2.05, 4.69) is 156 Å². The van der Waals surface area contributed by atoms with Gasteiger partial charge in [0.15, 0.2) is 11.5 Å². The molecule has 10 heteroatoms. The van der Waals surface area contributed by atoms with Crippen LogP contribution in [0.25, 0.3) is 65.3 Å². The van der Waals surface area contributed by atoms with E-state index in [1.807, 2.05) is 48.5 Å². The van der Waals surface area contributed by atoms with Gasteiger partial charge in [-0.3, -0.25) is 19.2 Å². The highest BCUT2D eigenvalue weighted by Gasteiger charge is 2.27. The summed E-state index contributed by atoms with van der Waals surface area (Å²) in [6.07, 6.45) is 54.2. The van der Waals surface area contributed by atoms with Crippen LogP contribution >= 0.6 is 31.9 Å². The summed E-state index contributed by atoms with van der Waals surface area (Å²) in [5.74, 6) is 13.3. The molecule has 0 aliphatic rings. The minimum absolute atomic E-state index is 0.269. The SMILES string of the molecule is CCCCCCCCCCCCc1ccc2c(-c3c(OC(C)=O)c(C#Cc4cc(Br)c(C#Cc5cc6cc(CCCCCCCCCCCC)ccc6c(-c6c(OC(C)=O)ccc7cc(CCCCCCCCCCCC)ccc67)c5OC(C)=O)cc4Br)cc4cc(CCCCCCCCCCCC)ccc34)c(OC(C)=O)ccc2c1. The van der Waals surface area contributed by atoms with Gasteiger partial charge in [-0.15, -0.1) is 0 Å². The van der Waals surface area contributed by atoms with Gasteiger partial charge in [-0.1, -0.05) is 367 Å². The summed E-state index contributed by atoms with van der Waals surface area (Å²) in [5.41, 5.74) is 9.66. The third kappa shape index (κ3) is 29.2. The molecule has 0 unspecified atom stereocenters. The molecule has 0 saturated heterocycles. The third-order valence-corrected chi connectivity index (χ3v) is 24.2. The summed E-state index contributed by atoms with van der Waals surface area (Å²) in [6.45, 7) is 14.7. The first kappa shape index (κ1) is 91.9. The van der Waals surface area contributed by atoms with E-state index in [1.165, 1.54) is 268 Å². The van der Waals surface area contributed by atoms with Crippen LogP contribution in [-0.4, -0.2) is 23.9 Å². The van der Waals surface area contributed by atoms with Crippen molar-refractivity contribution >= 4 is 98.8 Å². The Labute approximate surface area is 713 Å². The third-order valence-electron chi connectivity index (χ3n) is 22.9. The standard InChI is InChI=1S/C106H132Br2O8/c1-9-13-17-21-25-29-33-37-41-45-49-81-53-63-93-85(69-81)61-67-99(113-77(5)109)101(93)103-95-65-55-83(51-47-43-39-35-31-27-23-19-15-11-3)71-91(95)73-89(105(103)115-79(7)111)59-57-87-75-98(108)88(76-97(87)107)58-60-90-74-92-72-84(52-48-44-40-36-32-28-24-20-16-12-4)56-66-96(92)104(106(90)116-80(8)112)102-94-64-54-82(70-86(94)62-68-100(102)114-78(6)110)50-46-42-38-34-30-26-22-18-14-10-2/h53-56,61-76H,9-52H2,1-8H3. The normalized spacial score (nSPS) is 11.3. The van der Waals surface area contributed by atoms with Gasteiger partial charge in [0.2, 0.25) is 0 Å². The fourth-order valence-electron chi connectivity index (χ4n) is 16.7. The quantitative estimate of drug-likeness (QED) is 0.0161. The summed E-state index contributed by atoms with van der Waals surface area (Å²) in [5, 5.41) is 7.22. The molecule has 116 heavy (non-hydrogen) atoms. The maximum absolute atomic E-state index is 13.7. The Hall–Kier alpha value is -8.02. The van der Waals surface area contributed by atoms with Crippen molar-refractivity contribution in [2.24, 2.45) is 0 Å². The number of esters is 4. The fraction of sp³-hybridized carbons (Fsp3) is 0.491. The van der Waals surface area contributed by atoms with Crippen LogP contribution in [0.4, 0.5) is 0 Å². The smallest absolute Gasteiger partial charge is 0.308 e. The predicted octanol–water partition coefficient (Wildman–Crippen LogP) is 31.5. The number of halogens is 2. The lowest BCUT2D eigenvalue weighted by Gasteiger charge is -2.20. The molecule has 9 aromatic carbocycles. The van der Waals surface area contributed by atoms with Crippen LogP contribution in [-0.2, 0) is 44.9 Å². The van der Waals surface area contributed by atoms with Crippen LogP contribution < -0.4 is 18.9 Å². The van der Waals surface area contributed by atoms with E-state index in [0.717, 1.165) is 107 Å². The van der Waals surface area contributed by atoms with Crippen molar-refractivity contribution in [2.75, 3.05) is 0 Å². The average molecular weight is 1690 g/mol. The van der Waals surface area contributed by atoms with Crippen molar-refractivity contribution in [2.45, 2.75) is 338 Å². The molecule has 0 aliphatic heterocycles. The van der Waals surface area contributed by atoms with Crippen LogP contribution in [0.15, 0.2) is 130 Å². The lowest BCUT2D eigenvalue weighted by atomic mass is 9.88. The zero-order valence-corrected chi connectivity index (χ0v) is 74.9. The minimum atomic E-state index is -0.517. The molecule has 0 radical (unpaired) electrons. The summed E-state index contributed by atoms with van der Waals surface area (Å²) in [7, 11) is 0. The number of ether oxygens (including phenoxy) is 4. The van der Waals surface area contributed by atoms with E-state index in [4.69, 9.17) is 18.9 Å². The van der Waals surface area contributed by atoms with Gasteiger partial charge in [-0.2, -0.15) is 0 Å². The average Bonchev–Trinajstić information content (AvgIpc) is 0.744. The van der Waals surface area contributed by atoms with Crippen molar-refractivity contribution in [3.8, 4) is 68.9 Å². The highest BCUT2D eigenvalue weighted by atomic mass is 79.9. The van der Waals surface area contributed by atoms with E-state index in [1.54, 1.807) is 0 Å². The zero-order valence-electron chi connectivity index (χ0n) is 71.7. The van der Waals surface area contributed by atoms with E-state index in [9.17, 15) is 19.2 Å².